The van der Waals surface area contributed by atoms with Gasteiger partial charge in [0.1, 0.15) is 5.69 Å². The van der Waals surface area contributed by atoms with Crippen molar-refractivity contribution in [1.82, 2.24) is 9.97 Å². The zero-order valence-corrected chi connectivity index (χ0v) is 14.3. The molecule has 2 rings (SSSR count). The number of halogens is 3. The minimum absolute atomic E-state index is 0.0593. The molecule has 9 heteroatoms. The van der Waals surface area contributed by atoms with Crippen LogP contribution in [0.15, 0.2) is 12.3 Å². The van der Waals surface area contributed by atoms with E-state index in [9.17, 15) is 18.0 Å². The zero-order chi connectivity index (χ0) is 18.7. The van der Waals surface area contributed by atoms with Crippen molar-refractivity contribution in [2.45, 2.75) is 39.3 Å². The lowest BCUT2D eigenvalue weighted by Gasteiger charge is -2.40. The van der Waals surface area contributed by atoms with Crippen LogP contribution in [0.25, 0.3) is 0 Å². The predicted octanol–water partition coefficient (Wildman–Crippen LogP) is 3.22. The van der Waals surface area contributed by atoms with Gasteiger partial charge in [0.2, 0.25) is 5.95 Å². The Balaban J connectivity index is 1.94. The van der Waals surface area contributed by atoms with Crippen LogP contribution in [0.3, 0.4) is 0 Å². The number of carbonyl (C=O) groups excluding carboxylic acids is 1. The first-order chi connectivity index (χ1) is 11.6. The van der Waals surface area contributed by atoms with E-state index in [0.717, 1.165) is 25.1 Å². The fourth-order valence-electron chi connectivity index (χ4n) is 3.14. The predicted molar refractivity (Wildman–Crippen MR) is 85.9 cm³/mol. The van der Waals surface area contributed by atoms with Gasteiger partial charge in [-0.15, -0.1) is 0 Å². The van der Waals surface area contributed by atoms with Gasteiger partial charge in [0.05, 0.1) is 6.61 Å². The average Bonchev–Trinajstić information content (AvgIpc) is 2.54. The molecule has 1 aliphatic heterocycles. The summed E-state index contributed by atoms with van der Waals surface area (Å²) in [5.74, 6) is 0.481. The van der Waals surface area contributed by atoms with Crippen LogP contribution in [0.5, 0.6) is 0 Å². The van der Waals surface area contributed by atoms with Crippen LogP contribution in [-0.4, -0.2) is 35.8 Å². The quantitative estimate of drug-likeness (QED) is 0.872. The van der Waals surface area contributed by atoms with Crippen molar-refractivity contribution in [3.63, 3.8) is 0 Å². The third-order valence-electron chi connectivity index (χ3n) is 4.81. The molecule has 2 heterocycles. The van der Waals surface area contributed by atoms with Gasteiger partial charge in [0.25, 0.3) is 0 Å². The molecule has 0 saturated carbocycles. The van der Waals surface area contributed by atoms with E-state index in [1.165, 1.54) is 0 Å². The first-order valence-electron chi connectivity index (χ1n) is 8.17. The van der Waals surface area contributed by atoms with E-state index in [1.54, 1.807) is 4.90 Å². The largest absolute Gasteiger partial charge is 0.450 e. The summed E-state index contributed by atoms with van der Waals surface area (Å²) in [6.45, 7) is 5.63. The number of ether oxygens (including phenoxy) is 1. The maximum absolute atomic E-state index is 12.8. The van der Waals surface area contributed by atoms with Crippen LogP contribution in [0.4, 0.5) is 23.9 Å². The highest BCUT2D eigenvalue weighted by molar-refractivity contribution is 5.64. The Morgan fingerprint density at radius 1 is 1.36 bits per heavy atom. The summed E-state index contributed by atoms with van der Waals surface area (Å²) < 4.78 is 43.1. The van der Waals surface area contributed by atoms with Crippen LogP contribution >= 0.6 is 0 Å². The van der Waals surface area contributed by atoms with Crippen molar-refractivity contribution in [3.05, 3.63) is 18.0 Å². The number of hydrogen-bond donors (Lipinski definition) is 1. The fraction of sp³-hybridized carbons (Fsp3) is 0.688. The van der Waals surface area contributed by atoms with E-state index in [1.807, 2.05) is 0 Å². The van der Waals surface area contributed by atoms with E-state index in [2.05, 4.69) is 23.8 Å². The molecular formula is C16H23F3N4O2. The molecule has 6 nitrogen and oxygen atoms in total. The number of nitrogens with two attached hydrogens (primary N) is 1. The molecule has 2 N–H and O–H groups in total. The molecule has 0 spiro atoms. The van der Waals surface area contributed by atoms with Gasteiger partial charge in [-0.1, -0.05) is 13.8 Å². The number of rotatable bonds is 5. The summed E-state index contributed by atoms with van der Waals surface area (Å²) in [7, 11) is 0. The van der Waals surface area contributed by atoms with Gasteiger partial charge >= 0.3 is 12.3 Å². The fourth-order valence-corrected chi connectivity index (χ4v) is 3.14. The second kappa shape index (κ2) is 7.45. The SMILES string of the molecule is CC(C)(CCOC(N)=O)C1CCN(c2nccc(C(F)(F)F)n2)CC1. The molecule has 0 bridgehead atoms. The lowest BCUT2D eigenvalue weighted by molar-refractivity contribution is -0.141. The summed E-state index contributed by atoms with van der Waals surface area (Å²) in [5.41, 5.74) is 3.98. The molecule has 0 unspecified atom stereocenters. The summed E-state index contributed by atoms with van der Waals surface area (Å²) in [6, 6.07) is 0.873. The number of amides is 1. The maximum Gasteiger partial charge on any atom is 0.433 e. The van der Waals surface area contributed by atoms with Crippen LogP contribution < -0.4 is 10.6 Å². The molecule has 25 heavy (non-hydrogen) atoms. The van der Waals surface area contributed by atoms with Crippen molar-refractivity contribution >= 4 is 12.0 Å². The molecule has 1 amide bonds. The second-order valence-electron chi connectivity index (χ2n) is 6.91. The third kappa shape index (κ3) is 5.20. The molecule has 0 aromatic carbocycles. The number of piperidine rings is 1. The minimum Gasteiger partial charge on any atom is -0.450 e. The van der Waals surface area contributed by atoms with Gasteiger partial charge in [-0.05, 0) is 36.7 Å². The minimum atomic E-state index is -4.47. The monoisotopic (exact) mass is 360 g/mol. The second-order valence-corrected chi connectivity index (χ2v) is 6.91. The molecule has 1 aromatic rings. The van der Waals surface area contributed by atoms with E-state index in [0.29, 0.717) is 25.4 Å². The van der Waals surface area contributed by atoms with E-state index < -0.39 is 18.0 Å². The first-order valence-corrected chi connectivity index (χ1v) is 8.17. The summed E-state index contributed by atoms with van der Waals surface area (Å²) in [6.07, 6.45) is -1.82. The van der Waals surface area contributed by atoms with Crippen LogP contribution in [-0.2, 0) is 10.9 Å². The average molecular weight is 360 g/mol. The third-order valence-corrected chi connectivity index (χ3v) is 4.81. The van der Waals surface area contributed by atoms with Crippen molar-refractivity contribution in [2.75, 3.05) is 24.6 Å². The first kappa shape index (κ1) is 19.3. The topological polar surface area (TPSA) is 81.3 Å². The van der Waals surface area contributed by atoms with Crippen molar-refractivity contribution in [3.8, 4) is 0 Å². The van der Waals surface area contributed by atoms with Crippen molar-refractivity contribution < 1.29 is 22.7 Å². The zero-order valence-electron chi connectivity index (χ0n) is 14.3. The summed E-state index contributed by atoms with van der Waals surface area (Å²) in [5, 5.41) is 0. The Morgan fingerprint density at radius 3 is 2.56 bits per heavy atom. The molecular weight excluding hydrogens is 337 g/mol. The Bertz CT molecular complexity index is 599. The number of anilines is 1. The molecule has 1 aromatic heterocycles. The lowest BCUT2D eigenvalue weighted by atomic mass is 9.72. The highest BCUT2D eigenvalue weighted by atomic mass is 19.4. The normalized spacial score (nSPS) is 16.8. The lowest BCUT2D eigenvalue weighted by Crippen LogP contribution is -2.40. The highest BCUT2D eigenvalue weighted by Gasteiger charge is 2.35. The smallest absolute Gasteiger partial charge is 0.433 e. The molecule has 0 radical (unpaired) electrons. The van der Waals surface area contributed by atoms with Crippen LogP contribution in [0.2, 0.25) is 0 Å². The van der Waals surface area contributed by atoms with Gasteiger partial charge in [0, 0.05) is 19.3 Å². The van der Waals surface area contributed by atoms with E-state index in [4.69, 9.17) is 10.5 Å². The Morgan fingerprint density at radius 2 is 2.00 bits per heavy atom. The Hall–Kier alpha value is -2.06. The number of carbonyl (C=O) groups is 1. The molecule has 1 aliphatic rings. The number of hydrogen-bond acceptors (Lipinski definition) is 5. The molecule has 0 atom stereocenters. The summed E-state index contributed by atoms with van der Waals surface area (Å²) >= 11 is 0. The number of nitrogens with zero attached hydrogens (tertiary/aromatic N) is 3. The standard InChI is InChI=1S/C16H23F3N4O2/c1-15(2,6-10-25-13(20)24)11-4-8-23(9-5-11)14-21-7-3-12(22-14)16(17,18)19/h3,7,11H,4-6,8-10H2,1-2H3,(H2,20,24). The molecule has 1 fully saturated rings. The summed E-state index contributed by atoms with van der Waals surface area (Å²) in [4.78, 5) is 20.1. The van der Waals surface area contributed by atoms with Crippen LogP contribution in [0, 0.1) is 11.3 Å². The number of alkyl halides is 3. The molecule has 140 valence electrons. The Labute approximate surface area is 144 Å². The van der Waals surface area contributed by atoms with Gasteiger partial charge in [-0.3, -0.25) is 0 Å². The number of aromatic nitrogens is 2. The van der Waals surface area contributed by atoms with E-state index >= 15 is 0 Å². The van der Waals surface area contributed by atoms with Gasteiger partial charge in [0.15, 0.2) is 0 Å². The van der Waals surface area contributed by atoms with E-state index in [-0.39, 0.29) is 18.0 Å². The van der Waals surface area contributed by atoms with Crippen LogP contribution in [0.1, 0.15) is 38.8 Å². The van der Waals surface area contributed by atoms with Gasteiger partial charge in [-0.25, -0.2) is 14.8 Å². The highest BCUT2D eigenvalue weighted by Crippen LogP contribution is 2.38. The molecule has 1 saturated heterocycles. The van der Waals surface area contributed by atoms with Crippen molar-refractivity contribution in [1.29, 1.82) is 0 Å². The molecule has 0 aliphatic carbocycles. The maximum atomic E-state index is 12.8. The Kier molecular flexibility index (Phi) is 5.74. The van der Waals surface area contributed by atoms with Gasteiger partial charge in [-0.2, -0.15) is 13.2 Å². The number of primary amides is 1. The van der Waals surface area contributed by atoms with Crippen molar-refractivity contribution in [2.24, 2.45) is 17.1 Å². The van der Waals surface area contributed by atoms with Gasteiger partial charge < -0.3 is 15.4 Å².